The number of ether oxygens (including phenoxy) is 1. The Labute approximate surface area is 117 Å². The van der Waals surface area contributed by atoms with Crippen LogP contribution < -0.4 is 10.2 Å². The van der Waals surface area contributed by atoms with Crippen LogP contribution in [0.1, 0.15) is 19.0 Å². The van der Waals surface area contributed by atoms with E-state index in [1.807, 2.05) is 29.5 Å². The number of halogens is 2. The molecule has 96 valence electrons. The fourth-order valence-electron chi connectivity index (χ4n) is 1.76. The molecule has 0 aliphatic carbocycles. The Balaban J connectivity index is 2.77. The fourth-order valence-corrected chi connectivity index (χ4v) is 2.16. The minimum absolute atomic E-state index is 0.0682. The molecule has 3 nitrogen and oxygen atoms in total. The van der Waals surface area contributed by atoms with Crippen molar-refractivity contribution in [3.8, 4) is 5.75 Å². The van der Waals surface area contributed by atoms with E-state index in [4.69, 9.17) is 4.74 Å². The van der Waals surface area contributed by atoms with E-state index in [0.717, 1.165) is 12.1 Å². The van der Waals surface area contributed by atoms with Gasteiger partial charge in [-0.15, -0.1) is 0 Å². The Morgan fingerprint density at radius 2 is 2.17 bits per heavy atom. The highest BCUT2D eigenvalue weighted by Gasteiger charge is 2.14. The number of hydrogen-bond acceptors (Lipinski definition) is 2. The number of nitrogens with one attached hydrogen (secondary N) is 1. The molecule has 0 saturated carbocycles. The lowest BCUT2D eigenvalue weighted by Crippen LogP contribution is -2.12. The summed E-state index contributed by atoms with van der Waals surface area (Å²) >= 11 is 1.92. The monoisotopic (exact) mass is 361 g/mol. The summed E-state index contributed by atoms with van der Waals surface area (Å²) < 4.78 is 19.8. The lowest BCUT2D eigenvalue weighted by molar-refractivity contribution is 0.320. The van der Waals surface area contributed by atoms with Gasteiger partial charge in [-0.2, -0.15) is 0 Å². The molecule has 5 heteroatoms. The number of aryl methyl sites for hydroxylation is 1. The maximum absolute atomic E-state index is 13.8. The van der Waals surface area contributed by atoms with E-state index in [1.54, 1.807) is 13.0 Å². The average Bonchev–Trinajstić information content (AvgIpc) is 2.35. The second-order valence-electron chi connectivity index (χ2n) is 4.04. The van der Waals surface area contributed by atoms with Crippen molar-refractivity contribution >= 4 is 33.5 Å². The van der Waals surface area contributed by atoms with E-state index in [-0.39, 0.29) is 10.8 Å². The van der Waals surface area contributed by atoms with Gasteiger partial charge in [0.1, 0.15) is 11.6 Å². The SMILES string of the molecule is CCCOc1ccc(F)c2c(=O)c(I)c(C)[nH]c12. The molecule has 18 heavy (non-hydrogen) atoms. The van der Waals surface area contributed by atoms with E-state index in [1.165, 1.54) is 6.07 Å². The predicted molar refractivity (Wildman–Crippen MR) is 77.8 cm³/mol. The Morgan fingerprint density at radius 1 is 1.44 bits per heavy atom. The van der Waals surface area contributed by atoms with E-state index in [9.17, 15) is 9.18 Å². The zero-order chi connectivity index (χ0) is 13.3. The first kappa shape index (κ1) is 13.3. The third-order valence-corrected chi connectivity index (χ3v) is 3.95. The van der Waals surface area contributed by atoms with Gasteiger partial charge in [-0.25, -0.2) is 4.39 Å². The molecule has 1 heterocycles. The molecule has 0 fully saturated rings. The second-order valence-corrected chi connectivity index (χ2v) is 5.12. The first-order valence-electron chi connectivity index (χ1n) is 5.69. The van der Waals surface area contributed by atoms with Crippen LogP contribution >= 0.6 is 22.6 Å². The zero-order valence-corrected chi connectivity index (χ0v) is 12.3. The molecule has 0 radical (unpaired) electrons. The lowest BCUT2D eigenvalue weighted by atomic mass is 10.1. The minimum atomic E-state index is -0.520. The van der Waals surface area contributed by atoms with Crippen molar-refractivity contribution in [2.24, 2.45) is 0 Å². The van der Waals surface area contributed by atoms with Crippen molar-refractivity contribution in [3.63, 3.8) is 0 Å². The van der Waals surface area contributed by atoms with Gasteiger partial charge in [-0.3, -0.25) is 4.79 Å². The zero-order valence-electron chi connectivity index (χ0n) is 10.1. The summed E-state index contributed by atoms with van der Waals surface area (Å²) in [6.45, 7) is 4.31. The van der Waals surface area contributed by atoms with Crippen molar-refractivity contribution in [1.29, 1.82) is 0 Å². The summed E-state index contributed by atoms with van der Waals surface area (Å²) in [7, 11) is 0. The smallest absolute Gasteiger partial charge is 0.206 e. The molecule has 0 aliphatic rings. The van der Waals surface area contributed by atoms with Crippen molar-refractivity contribution in [1.82, 2.24) is 4.98 Å². The molecule has 0 bridgehead atoms. The Morgan fingerprint density at radius 3 is 2.83 bits per heavy atom. The maximum atomic E-state index is 13.8. The molecule has 0 saturated heterocycles. The number of H-pyrrole nitrogens is 1. The molecule has 2 aromatic rings. The van der Waals surface area contributed by atoms with Gasteiger partial charge in [0.2, 0.25) is 5.43 Å². The van der Waals surface area contributed by atoms with Gasteiger partial charge >= 0.3 is 0 Å². The molecule has 1 N–H and O–H groups in total. The number of rotatable bonds is 3. The van der Waals surface area contributed by atoms with Crippen LogP contribution in [0, 0.1) is 16.3 Å². The Bertz CT molecular complexity index is 651. The van der Waals surface area contributed by atoms with Gasteiger partial charge in [-0.1, -0.05) is 6.92 Å². The number of aromatic nitrogens is 1. The largest absolute Gasteiger partial charge is 0.491 e. The van der Waals surface area contributed by atoms with Crippen molar-refractivity contribution in [2.45, 2.75) is 20.3 Å². The van der Waals surface area contributed by atoms with Crippen LogP contribution in [0.4, 0.5) is 4.39 Å². The lowest BCUT2D eigenvalue weighted by Gasteiger charge is -2.10. The van der Waals surface area contributed by atoms with Crippen LogP contribution in [0.2, 0.25) is 0 Å². The molecule has 0 unspecified atom stereocenters. The van der Waals surface area contributed by atoms with Gasteiger partial charge < -0.3 is 9.72 Å². The molecule has 0 atom stereocenters. The van der Waals surface area contributed by atoms with E-state index in [0.29, 0.717) is 21.4 Å². The van der Waals surface area contributed by atoms with E-state index in [2.05, 4.69) is 4.98 Å². The Kier molecular flexibility index (Phi) is 3.89. The summed E-state index contributed by atoms with van der Waals surface area (Å²) in [6, 6.07) is 2.82. The number of pyridine rings is 1. The normalized spacial score (nSPS) is 10.9. The van der Waals surface area contributed by atoms with Gasteiger partial charge in [-0.05, 0) is 48.1 Å². The van der Waals surface area contributed by atoms with Crippen LogP contribution in [0.5, 0.6) is 5.75 Å². The first-order valence-corrected chi connectivity index (χ1v) is 6.77. The first-order chi connectivity index (χ1) is 8.56. The van der Waals surface area contributed by atoms with Gasteiger partial charge in [0.15, 0.2) is 0 Å². The van der Waals surface area contributed by atoms with Crippen LogP contribution in [-0.4, -0.2) is 11.6 Å². The van der Waals surface area contributed by atoms with Gasteiger partial charge in [0.05, 0.1) is 21.1 Å². The minimum Gasteiger partial charge on any atom is -0.491 e. The van der Waals surface area contributed by atoms with Gasteiger partial charge in [0, 0.05) is 5.69 Å². The van der Waals surface area contributed by atoms with Crippen LogP contribution in [0.3, 0.4) is 0 Å². The molecule has 0 spiro atoms. The van der Waals surface area contributed by atoms with Crippen molar-refractivity contribution in [3.05, 3.63) is 37.4 Å². The van der Waals surface area contributed by atoms with Crippen LogP contribution in [-0.2, 0) is 0 Å². The maximum Gasteiger partial charge on any atom is 0.206 e. The van der Waals surface area contributed by atoms with Gasteiger partial charge in [0.25, 0.3) is 0 Å². The predicted octanol–water partition coefficient (Wildman–Crippen LogP) is 3.37. The number of benzene rings is 1. The third kappa shape index (κ3) is 2.23. The summed E-state index contributed by atoms with van der Waals surface area (Å²) in [6.07, 6.45) is 0.854. The van der Waals surface area contributed by atoms with E-state index >= 15 is 0 Å². The van der Waals surface area contributed by atoms with Crippen LogP contribution in [0.15, 0.2) is 16.9 Å². The molecule has 0 aliphatic heterocycles. The number of aromatic amines is 1. The summed E-state index contributed by atoms with van der Waals surface area (Å²) in [5.74, 6) is -0.00198. The molecular weight excluding hydrogens is 348 g/mol. The molecule has 2 rings (SSSR count). The standard InChI is InChI=1S/C13H13FINO2/c1-3-6-18-9-5-4-8(14)10-12(9)16-7(2)11(15)13(10)17/h4-5H,3,6H2,1-2H3,(H,16,17). The molecule has 0 amide bonds. The summed E-state index contributed by atoms with van der Waals surface area (Å²) in [5.41, 5.74) is 0.868. The van der Waals surface area contributed by atoms with Crippen molar-refractivity contribution in [2.75, 3.05) is 6.61 Å². The highest BCUT2D eigenvalue weighted by molar-refractivity contribution is 14.1. The summed E-state index contributed by atoms with van der Waals surface area (Å²) in [4.78, 5) is 15.1. The van der Waals surface area contributed by atoms with Crippen LogP contribution in [0.25, 0.3) is 10.9 Å². The quantitative estimate of drug-likeness (QED) is 0.852. The number of fused-ring (bicyclic) bond motifs is 1. The number of hydrogen-bond donors (Lipinski definition) is 1. The van der Waals surface area contributed by atoms with Crippen molar-refractivity contribution < 1.29 is 9.13 Å². The molecule has 1 aromatic carbocycles. The second kappa shape index (κ2) is 5.26. The highest BCUT2D eigenvalue weighted by Crippen LogP contribution is 2.25. The third-order valence-electron chi connectivity index (χ3n) is 2.65. The highest BCUT2D eigenvalue weighted by atomic mass is 127. The summed E-state index contributed by atoms with van der Waals surface area (Å²) in [5, 5.41) is 0.0682. The topological polar surface area (TPSA) is 42.1 Å². The fraction of sp³-hybridized carbons (Fsp3) is 0.308. The molecular formula is C13H13FINO2. The van der Waals surface area contributed by atoms with E-state index < -0.39 is 5.82 Å². The average molecular weight is 361 g/mol. The molecule has 1 aromatic heterocycles. The Hall–Kier alpha value is -1.11.